The normalized spacial score (nSPS) is 15.4. The van der Waals surface area contributed by atoms with Gasteiger partial charge in [0.25, 0.3) is 5.91 Å². The van der Waals surface area contributed by atoms with Gasteiger partial charge in [0.1, 0.15) is 6.04 Å². The number of thioether (sulfide) groups is 1. The highest BCUT2D eigenvalue weighted by Gasteiger charge is 2.35. The van der Waals surface area contributed by atoms with Crippen LogP contribution in [0.3, 0.4) is 0 Å². The minimum atomic E-state index is -0.463. The van der Waals surface area contributed by atoms with Crippen LogP contribution in [0, 0.1) is 6.92 Å². The van der Waals surface area contributed by atoms with Gasteiger partial charge in [0.05, 0.1) is 11.3 Å². The Kier molecular flexibility index (Phi) is 6.36. The Morgan fingerprint density at radius 2 is 2.10 bits per heavy atom. The number of aryl methyl sites for hydroxylation is 1. The number of hydrogen-bond donors (Lipinski definition) is 2. The van der Waals surface area contributed by atoms with Gasteiger partial charge in [-0.25, -0.2) is 4.68 Å². The van der Waals surface area contributed by atoms with Crippen LogP contribution in [-0.2, 0) is 4.79 Å². The third kappa shape index (κ3) is 4.64. The first-order valence-electron chi connectivity index (χ1n) is 10.4. The second-order valence-electron chi connectivity index (χ2n) is 7.51. The predicted molar refractivity (Wildman–Crippen MR) is 124 cm³/mol. The Balaban J connectivity index is 1.70. The highest BCUT2D eigenvalue weighted by atomic mass is 32.2. The summed E-state index contributed by atoms with van der Waals surface area (Å²) in [5.41, 5.74) is 3.90. The van der Waals surface area contributed by atoms with Crippen LogP contribution in [0.4, 0.5) is 11.6 Å². The molecule has 0 bridgehead atoms. The molecule has 0 spiro atoms. The Labute approximate surface area is 186 Å². The summed E-state index contributed by atoms with van der Waals surface area (Å²) < 4.78 is 1.77. The van der Waals surface area contributed by atoms with Gasteiger partial charge >= 0.3 is 0 Å². The molecule has 0 radical (unpaired) electrons. The molecule has 31 heavy (non-hydrogen) atoms. The standard InChI is InChI=1S/C23H26N6OS/c1-4-5-13-31-23-27-22-25-16(3)19(21(30)26-17-10-8-9-15(2)14-17)20(29(22)28-23)18-11-6-7-12-24-18/h6-12,14,20H,4-5,13H2,1-3H3,(H,26,30)(H,25,27,28). The summed E-state index contributed by atoms with van der Waals surface area (Å²) in [6.45, 7) is 6.05. The number of carbonyl (C=O) groups excluding carboxylic acids is 1. The summed E-state index contributed by atoms with van der Waals surface area (Å²) in [5.74, 6) is 1.40. The molecule has 0 saturated heterocycles. The smallest absolute Gasteiger partial charge is 0.255 e. The van der Waals surface area contributed by atoms with Crippen molar-refractivity contribution in [1.82, 2.24) is 19.7 Å². The molecule has 3 aromatic rings. The van der Waals surface area contributed by atoms with Crippen LogP contribution in [0.25, 0.3) is 0 Å². The molecule has 1 aromatic carbocycles. The van der Waals surface area contributed by atoms with Gasteiger partial charge in [-0.3, -0.25) is 9.78 Å². The van der Waals surface area contributed by atoms with E-state index in [0.29, 0.717) is 16.7 Å². The molecule has 0 fully saturated rings. The summed E-state index contributed by atoms with van der Waals surface area (Å²) in [4.78, 5) is 22.6. The van der Waals surface area contributed by atoms with Crippen LogP contribution >= 0.6 is 11.8 Å². The number of hydrogen-bond acceptors (Lipinski definition) is 6. The molecule has 1 atom stereocenters. The van der Waals surface area contributed by atoms with E-state index in [1.807, 2.05) is 56.3 Å². The first-order chi connectivity index (χ1) is 15.1. The topological polar surface area (TPSA) is 84.7 Å². The zero-order valence-electron chi connectivity index (χ0n) is 17.9. The highest BCUT2D eigenvalue weighted by Crippen LogP contribution is 2.36. The fraction of sp³-hybridized carbons (Fsp3) is 0.304. The van der Waals surface area contributed by atoms with Crippen molar-refractivity contribution in [3.05, 3.63) is 71.2 Å². The number of nitrogens with one attached hydrogen (secondary N) is 2. The molecule has 4 rings (SSSR count). The molecule has 160 valence electrons. The number of unbranched alkanes of at least 4 members (excludes halogenated alkanes) is 1. The lowest BCUT2D eigenvalue weighted by molar-refractivity contribution is -0.113. The van der Waals surface area contributed by atoms with Crippen molar-refractivity contribution in [3.8, 4) is 0 Å². The molecule has 8 heteroatoms. The van der Waals surface area contributed by atoms with Crippen LogP contribution in [0.15, 0.2) is 65.1 Å². The second kappa shape index (κ2) is 9.34. The van der Waals surface area contributed by atoms with Crippen LogP contribution in [-0.4, -0.2) is 31.4 Å². The van der Waals surface area contributed by atoms with E-state index < -0.39 is 6.04 Å². The van der Waals surface area contributed by atoms with E-state index in [1.54, 1.807) is 22.6 Å². The molecule has 0 saturated carbocycles. The van der Waals surface area contributed by atoms with E-state index in [0.717, 1.165) is 41.2 Å². The molecule has 3 heterocycles. The SMILES string of the molecule is CCCCSc1nc2n(n1)C(c1ccccn1)C(C(=O)Nc1cccc(C)c1)=C(C)N2. The van der Waals surface area contributed by atoms with E-state index in [2.05, 4.69) is 27.5 Å². The van der Waals surface area contributed by atoms with Crippen molar-refractivity contribution < 1.29 is 4.79 Å². The van der Waals surface area contributed by atoms with E-state index in [1.165, 1.54) is 0 Å². The van der Waals surface area contributed by atoms with Gasteiger partial charge in [0.2, 0.25) is 11.1 Å². The van der Waals surface area contributed by atoms with E-state index in [4.69, 9.17) is 5.10 Å². The van der Waals surface area contributed by atoms with Crippen molar-refractivity contribution in [1.29, 1.82) is 0 Å². The van der Waals surface area contributed by atoms with Crippen LogP contribution in [0.2, 0.25) is 0 Å². The van der Waals surface area contributed by atoms with Crippen molar-refractivity contribution >= 4 is 29.3 Å². The van der Waals surface area contributed by atoms with Gasteiger partial charge < -0.3 is 10.6 Å². The highest BCUT2D eigenvalue weighted by molar-refractivity contribution is 7.99. The van der Waals surface area contributed by atoms with Crippen molar-refractivity contribution in [2.45, 2.75) is 44.8 Å². The molecular weight excluding hydrogens is 408 g/mol. The number of pyridine rings is 1. The predicted octanol–water partition coefficient (Wildman–Crippen LogP) is 4.80. The largest absolute Gasteiger partial charge is 0.328 e. The number of anilines is 2. The zero-order chi connectivity index (χ0) is 21.8. The molecular formula is C23H26N6OS. The first-order valence-corrected chi connectivity index (χ1v) is 11.4. The molecule has 2 N–H and O–H groups in total. The maximum Gasteiger partial charge on any atom is 0.255 e. The Morgan fingerprint density at radius 1 is 1.23 bits per heavy atom. The van der Waals surface area contributed by atoms with E-state index in [-0.39, 0.29) is 5.91 Å². The van der Waals surface area contributed by atoms with Crippen molar-refractivity contribution in [2.75, 3.05) is 16.4 Å². The number of carbonyl (C=O) groups is 1. The molecule has 7 nitrogen and oxygen atoms in total. The fourth-order valence-corrected chi connectivity index (χ4v) is 4.44. The van der Waals surface area contributed by atoms with Gasteiger partial charge in [-0.15, -0.1) is 5.10 Å². The second-order valence-corrected chi connectivity index (χ2v) is 8.57. The lowest BCUT2D eigenvalue weighted by Crippen LogP contribution is -2.32. The molecule has 1 aliphatic rings. The average molecular weight is 435 g/mol. The van der Waals surface area contributed by atoms with Crippen LogP contribution in [0.5, 0.6) is 0 Å². The quantitative estimate of drug-likeness (QED) is 0.410. The summed E-state index contributed by atoms with van der Waals surface area (Å²) in [7, 11) is 0. The molecule has 2 aromatic heterocycles. The third-order valence-corrected chi connectivity index (χ3v) is 5.97. The van der Waals surface area contributed by atoms with Gasteiger partial charge in [0, 0.05) is 23.3 Å². The minimum absolute atomic E-state index is 0.187. The van der Waals surface area contributed by atoms with Crippen molar-refractivity contribution in [3.63, 3.8) is 0 Å². The van der Waals surface area contributed by atoms with Gasteiger partial charge in [0.15, 0.2) is 0 Å². The number of nitrogens with zero attached hydrogens (tertiary/aromatic N) is 4. The summed E-state index contributed by atoms with van der Waals surface area (Å²) >= 11 is 1.63. The maximum absolute atomic E-state index is 13.4. The van der Waals surface area contributed by atoms with E-state index in [9.17, 15) is 4.79 Å². The summed E-state index contributed by atoms with van der Waals surface area (Å²) in [6, 6.07) is 13.0. The lowest BCUT2D eigenvalue weighted by Gasteiger charge is -2.28. The van der Waals surface area contributed by atoms with Crippen LogP contribution < -0.4 is 10.6 Å². The van der Waals surface area contributed by atoms with E-state index >= 15 is 0 Å². The maximum atomic E-state index is 13.4. The Bertz CT molecular complexity index is 1110. The zero-order valence-corrected chi connectivity index (χ0v) is 18.7. The summed E-state index contributed by atoms with van der Waals surface area (Å²) in [5, 5.41) is 11.7. The first kappa shape index (κ1) is 21.1. The molecule has 1 unspecified atom stereocenters. The van der Waals surface area contributed by atoms with Crippen LogP contribution in [0.1, 0.15) is 44.0 Å². The number of amides is 1. The minimum Gasteiger partial charge on any atom is -0.328 e. The average Bonchev–Trinajstić information content (AvgIpc) is 3.15. The molecule has 0 aliphatic carbocycles. The Hall–Kier alpha value is -3.13. The Morgan fingerprint density at radius 3 is 2.84 bits per heavy atom. The number of rotatable bonds is 7. The van der Waals surface area contributed by atoms with Gasteiger partial charge in [-0.05, 0) is 50.1 Å². The summed E-state index contributed by atoms with van der Waals surface area (Å²) in [6.07, 6.45) is 3.96. The van der Waals surface area contributed by atoms with Crippen molar-refractivity contribution in [2.24, 2.45) is 0 Å². The molecule has 1 aliphatic heterocycles. The third-order valence-electron chi connectivity index (χ3n) is 5.05. The monoisotopic (exact) mass is 434 g/mol. The number of fused-ring (bicyclic) bond motifs is 1. The molecule has 1 amide bonds. The van der Waals surface area contributed by atoms with Gasteiger partial charge in [-0.2, -0.15) is 4.98 Å². The fourth-order valence-electron chi connectivity index (χ4n) is 3.53. The van der Waals surface area contributed by atoms with Gasteiger partial charge in [-0.1, -0.05) is 43.3 Å². The number of allylic oxidation sites excluding steroid dienone is 1. The number of benzene rings is 1. The lowest BCUT2D eigenvalue weighted by atomic mass is 9.98. The number of aromatic nitrogens is 4.